The summed E-state index contributed by atoms with van der Waals surface area (Å²) in [6, 6.07) is 3.79. The number of aromatic nitrogens is 1. The van der Waals surface area contributed by atoms with Crippen LogP contribution in [-0.2, 0) is 4.79 Å². The summed E-state index contributed by atoms with van der Waals surface area (Å²) < 4.78 is 0. The van der Waals surface area contributed by atoms with Crippen molar-refractivity contribution in [2.24, 2.45) is 0 Å². The molecule has 2 aromatic heterocycles. The second-order valence-corrected chi connectivity index (χ2v) is 6.50. The molecule has 2 heterocycles. The highest BCUT2D eigenvalue weighted by molar-refractivity contribution is 7.14. The lowest BCUT2D eigenvalue weighted by molar-refractivity contribution is -0.116. The molecular weight excluding hydrogens is 330 g/mol. The van der Waals surface area contributed by atoms with Crippen molar-refractivity contribution in [1.29, 1.82) is 5.26 Å². The monoisotopic (exact) mass is 345 g/mol. The van der Waals surface area contributed by atoms with E-state index in [0.717, 1.165) is 5.56 Å². The number of carbonyl (C=O) groups is 2. The topological polar surface area (TPSA) is 74.1 Å². The van der Waals surface area contributed by atoms with Gasteiger partial charge in [-0.3, -0.25) is 14.5 Å². The molecule has 0 fully saturated rings. The summed E-state index contributed by atoms with van der Waals surface area (Å²) in [7, 11) is 0. The Morgan fingerprint density at radius 3 is 2.70 bits per heavy atom. The second kappa shape index (κ2) is 7.31. The molecule has 2 aromatic rings. The number of rotatable bonds is 5. The first-order valence-corrected chi connectivity index (χ1v) is 8.68. The Morgan fingerprint density at radius 2 is 2.17 bits per heavy atom. The number of nitriles is 1. The fraction of sp³-hybridized carbons (Fsp3) is 0.250. The Kier molecular flexibility index (Phi) is 5.42. The average Bonchev–Trinajstić information content (AvgIpc) is 3.14. The fourth-order valence-electron chi connectivity index (χ4n) is 1.98. The molecule has 0 spiro atoms. The first-order valence-electron chi connectivity index (χ1n) is 6.92. The van der Waals surface area contributed by atoms with Gasteiger partial charge >= 0.3 is 0 Å². The van der Waals surface area contributed by atoms with Gasteiger partial charge in [0.05, 0.1) is 10.6 Å². The van der Waals surface area contributed by atoms with Gasteiger partial charge < -0.3 is 0 Å². The number of anilines is 1. The summed E-state index contributed by atoms with van der Waals surface area (Å²) in [5.74, 6) is -0.392. The largest absolute Gasteiger partial charge is 0.289 e. The van der Waals surface area contributed by atoms with Crippen LogP contribution in [0, 0.1) is 18.3 Å². The normalized spacial score (nSPS) is 11.1. The molecule has 2 rings (SSSR count). The van der Waals surface area contributed by atoms with E-state index in [-0.39, 0.29) is 17.3 Å². The van der Waals surface area contributed by atoms with Gasteiger partial charge in [0.25, 0.3) is 0 Å². The van der Waals surface area contributed by atoms with Crippen LogP contribution in [0.3, 0.4) is 0 Å². The SMILES string of the molecule is CCN(C(C)=O)c1nc(/C=C(/C#N)C(=O)c2sccc2C)cs1. The van der Waals surface area contributed by atoms with Crippen LogP contribution in [0.1, 0.15) is 34.8 Å². The lowest BCUT2D eigenvalue weighted by Crippen LogP contribution is -2.27. The third-order valence-electron chi connectivity index (χ3n) is 3.16. The first-order chi connectivity index (χ1) is 11.0. The van der Waals surface area contributed by atoms with Gasteiger partial charge in [-0.25, -0.2) is 4.98 Å². The van der Waals surface area contributed by atoms with E-state index in [2.05, 4.69) is 4.98 Å². The van der Waals surface area contributed by atoms with Crippen molar-refractivity contribution >= 4 is 45.6 Å². The Bertz CT molecular complexity index is 811. The van der Waals surface area contributed by atoms with Gasteiger partial charge in [0.2, 0.25) is 11.7 Å². The number of aryl methyl sites for hydroxylation is 1. The molecule has 0 aliphatic heterocycles. The van der Waals surface area contributed by atoms with Crippen molar-refractivity contribution in [2.45, 2.75) is 20.8 Å². The van der Waals surface area contributed by atoms with Gasteiger partial charge in [0, 0.05) is 18.8 Å². The third kappa shape index (κ3) is 3.73. The number of amides is 1. The molecular formula is C16H15N3O2S2. The van der Waals surface area contributed by atoms with E-state index in [1.807, 2.05) is 31.4 Å². The van der Waals surface area contributed by atoms with Crippen molar-refractivity contribution in [1.82, 2.24) is 4.98 Å². The van der Waals surface area contributed by atoms with Crippen LogP contribution in [0.5, 0.6) is 0 Å². The lowest BCUT2D eigenvalue weighted by atomic mass is 10.1. The number of nitrogens with zero attached hydrogens (tertiary/aromatic N) is 3. The molecule has 0 bridgehead atoms. The van der Waals surface area contributed by atoms with Crippen molar-refractivity contribution in [2.75, 3.05) is 11.4 Å². The Balaban J connectivity index is 2.31. The van der Waals surface area contributed by atoms with E-state index < -0.39 is 0 Å². The summed E-state index contributed by atoms with van der Waals surface area (Å²) in [4.78, 5) is 30.4. The number of hydrogen-bond acceptors (Lipinski definition) is 6. The molecule has 0 aliphatic rings. The molecule has 1 amide bonds. The van der Waals surface area contributed by atoms with E-state index in [1.165, 1.54) is 35.7 Å². The van der Waals surface area contributed by atoms with Crippen molar-refractivity contribution in [3.05, 3.63) is 38.5 Å². The van der Waals surface area contributed by atoms with Gasteiger partial charge in [0.15, 0.2) is 5.13 Å². The average molecular weight is 345 g/mol. The molecule has 0 N–H and O–H groups in total. The van der Waals surface area contributed by atoms with Crippen LogP contribution < -0.4 is 4.90 Å². The van der Waals surface area contributed by atoms with Crippen LogP contribution in [0.2, 0.25) is 0 Å². The van der Waals surface area contributed by atoms with E-state index in [4.69, 9.17) is 0 Å². The zero-order valence-electron chi connectivity index (χ0n) is 13.0. The quantitative estimate of drug-likeness (QED) is 0.471. The van der Waals surface area contributed by atoms with Gasteiger partial charge in [-0.2, -0.15) is 5.26 Å². The molecule has 5 nitrogen and oxygen atoms in total. The van der Waals surface area contributed by atoms with Crippen LogP contribution in [-0.4, -0.2) is 23.2 Å². The number of ketones is 1. The van der Waals surface area contributed by atoms with Crippen LogP contribution >= 0.6 is 22.7 Å². The highest BCUT2D eigenvalue weighted by Gasteiger charge is 2.17. The van der Waals surface area contributed by atoms with E-state index in [0.29, 0.717) is 22.2 Å². The highest BCUT2D eigenvalue weighted by atomic mass is 32.1. The summed E-state index contributed by atoms with van der Waals surface area (Å²) in [5, 5.41) is 13.4. The minimum atomic E-state index is -0.298. The van der Waals surface area contributed by atoms with Crippen LogP contribution in [0.4, 0.5) is 5.13 Å². The highest BCUT2D eigenvalue weighted by Crippen LogP contribution is 2.24. The molecule has 0 radical (unpaired) electrons. The predicted molar refractivity (Wildman–Crippen MR) is 92.8 cm³/mol. The van der Waals surface area contributed by atoms with Gasteiger partial charge in [-0.05, 0) is 36.9 Å². The van der Waals surface area contributed by atoms with Crippen molar-refractivity contribution in [3.63, 3.8) is 0 Å². The molecule has 0 unspecified atom stereocenters. The zero-order valence-corrected chi connectivity index (χ0v) is 14.6. The van der Waals surface area contributed by atoms with Crippen LogP contribution in [0.15, 0.2) is 22.4 Å². The smallest absolute Gasteiger partial charge is 0.225 e. The number of hydrogen-bond donors (Lipinski definition) is 0. The number of Topliss-reactive ketones (excluding diaryl/α,β-unsaturated/α-hetero) is 1. The predicted octanol–water partition coefficient (Wildman–Crippen LogP) is 3.68. The summed E-state index contributed by atoms with van der Waals surface area (Å²) >= 11 is 2.62. The minimum absolute atomic E-state index is 0.0401. The number of allylic oxidation sites excluding steroid dienone is 1. The Labute approximate surface area is 142 Å². The standard InChI is InChI=1S/C16H15N3O2S2/c1-4-19(11(3)20)16-18-13(9-23-16)7-12(8-17)14(21)15-10(2)5-6-22-15/h5-7,9H,4H2,1-3H3/b12-7-. The second-order valence-electron chi connectivity index (χ2n) is 4.75. The molecule has 23 heavy (non-hydrogen) atoms. The Hall–Kier alpha value is -2.30. The van der Waals surface area contributed by atoms with Gasteiger partial charge in [-0.15, -0.1) is 22.7 Å². The molecule has 0 aliphatic carbocycles. The molecule has 0 saturated carbocycles. The summed E-state index contributed by atoms with van der Waals surface area (Å²) in [5.41, 5.74) is 1.40. The summed E-state index contributed by atoms with van der Waals surface area (Å²) in [6.07, 6.45) is 1.47. The van der Waals surface area contributed by atoms with E-state index in [1.54, 1.807) is 10.3 Å². The number of thiophene rings is 1. The third-order valence-corrected chi connectivity index (χ3v) is 5.06. The molecule has 118 valence electrons. The number of carbonyl (C=O) groups excluding carboxylic acids is 2. The first kappa shape index (κ1) is 17.1. The van der Waals surface area contributed by atoms with E-state index in [9.17, 15) is 14.9 Å². The van der Waals surface area contributed by atoms with Gasteiger partial charge in [-0.1, -0.05) is 0 Å². The molecule has 0 atom stereocenters. The van der Waals surface area contributed by atoms with E-state index >= 15 is 0 Å². The van der Waals surface area contributed by atoms with Gasteiger partial charge in [0.1, 0.15) is 11.6 Å². The maximum Gasteiger partial charge on any atom is 0.225 e. The fourth-order valence-corrected chi connectivity index (χ4v) is 3.75. The zero-order chi connectivity index (χ0) is 17.0. The maximum atomic E-state index is 12.4. The molecule has 0 saturated heterocycles. The van der Waals surface area contributed by atoms with Crippen molar-refractivity contribution < 1.29 is 9.59 Å². The molecule has 0 aromatic carbocycles. The maximum absolute atomic E-state index is 12.4. The van der Waals surface area contributed by atoms with Crippen LogP contribution in [0.25, 0.3) is 6.08 Å². The lowest BCUT2D eigenvalue weighted by Gasteiger charge is -2.14. The Morgan fingerprint density at radius 1 is 1.43 bits per heavy atom. The minimum Gasteiger partial charge on any atom is -0.289 e. The number of thiazole rings is 1. The van der Waals surface area contributed by atoms with Crippen molar-refractivity contribution in [3.8, 4) is 6.07 Å². The molecule has 7 heteroatoms. The summed E-state index contributed by atoms with van der Waals surface area (Å²) in [6.45, 7) is 5.70.